The lowest BCUT2D eigenvalue weighted by Gasteiger charge is -2.08. The largest absolute Gasteiger partial charge is 0.396 e. The summed E-state index contributed by atoms with van der Waals surface area (Å²) in [6.07, 6.45) is 0. The van der Waals surface area contributed by atoms with Gasteiger partial charge in [-0.05, 0) is 30.6 Å². The highest BCUT2D eigenvalue weighted by Crippen LogP contribution is 2.67. The molecule has 0 aliphatic heterocycles. The Morgan fingerprint density at radius 2 is 1.85 bits per heavy atom. The average molecular weight is 278 g/mol. The number of nitrogens with two attached hydrogens (primary N) is 1. The maximum absolute atomic E-state index is 12.0. The number of hydrogen-bond acceptors (Lipinski definition) is 3. The van der Waals surface area contributed by atoms with Crippen molar-refractivity contribution in [2.45, 2.75) is 48.1 Å². The van der Waals surface area contributed by atoms with Crippen LogP contribution in [0.2, 0.25) is 0 Å². The molecule has 1 saturated carbocycles. The van der Waals surface area contributed by atoms with Crippen molar-refractivity contribution in [3.05, 3.63) is 11.4 Å². The molecule has 0 unspecified atom stereocenters. The molecule has 0 saturated heterocycles. The number of carbonyl (C=O) groups is 1. The van der Waals surface area contributed by atoms with Crippen molar-refractivity contribution >= 4 is 11.6 Å². The monoisotopic (exact) mass is 278 g/mol. The van der Waals surface area contributed by atoms with Gasteiger partial charge in [-0.15, -0.1) is 0 Å². The van der Waals surface area contributed by atoms with Gasteiger partial charge in [0.25, 0.3) is 0 Å². The molecule has 1 heterocycles. The maximum atomic E-state index is 12.0. The van der Waals surface area contributed by atoms with Crippen molar-refractivity contribution in [3.63, 3.8) is 0 Å². The first kappa shape index (κ1) is 14.9. The van der Waals surface area contributed by atoms with Crippen LogP contribution in [0.1, 0.15) is 39.1 Å². The van der Waals surface area contributed by atoms with E-state index in [0.29, 0.717) is 22.4 Å². The van der Waals surface area contributed by atoms with Gasteiger partial charge in [-0.3, -0.25) is 9.48 Å². The highest BCUT2D eigenvalue weighted by molar-refractivity contribution is 5.76. The molecular weight excluding hydrogens is 252 g/mol. The Morgan fingerprint density at radius 3 is 2.25 bits per heavy atom. The van der Waals surface area contributed by atoms with Crippen LogP contribution in [0.25, 0.3) is 0 Å². The van der Waals surface area contributed by atoms with Gasteiger partial charge in [-0.2, -0.15) is 5.10 Å². The fourth-order valence-electron chi connectivity index (χ4n) is 3.12. The van der Waals surface area contributed by atoms with E-state index in [9.17, 15) is 4.79 Å². The summed E-state index contributed by atoms with van der Waals surface area (Å²) in [7, 11) is 0. The summed E-state index contributed by atoms with van der Waals surface area (Å²) < 4.78 is 1.67. The maximum Gasteiger partial charge on any atom is 0.241 e. The van der Waals surface area contributed by atoms with Gasteiger partial charge in [0.05, 0.1) is 17.1 Å². The van der Waals surface area contributed by atoms with E-state index < -0.39 is 0 Å². The van der Waals surface area contributed by atoms with Crippen molar-refractivity contribution in [2.75, 3.05) is 12.3 Å². The highest BCUT2D eigenvalue weighted by atomic mass is 16.2. The number of amides is 1. The molecule has 3 N–H and O–H groups in total. The summed E-state index contributed by atoms with van der Waals surface area (Å²) >= 11 is 0. The lowest BCUT2D eigenvalue weighted by molar-refractivity contribution is -0.122. The van der Waals surface area contributed by atoms with Crippen molar-refractivity contribution < 1.29 is 4.79 Å². The first-order chi connectivity index (χ1) is 9.09. The van der Waals surface area contributed by atoms with Crippen LogP contribution in [0.3, 0.4) is 0 Å². The Bertz CT molecular complexity index is 528. The van der Waals surface area contributed by atoms with Crippen LogP contribution in [0.15, 0.2) is 0 Å². The predicted molar refractivity (Wildman–Crippen MR) is 80.2 cm³/mol. The molecule has 0 atom stereocenters. The minimum Gasteiger partial charge on any atom is -0.396 e. The van der Waals surface area contributed by atoms with Gasteiger partial charge in [0.15, 0.2) is 0 Å². The molecule has 1 amide bonds. The summed E-state index contributed by atoms with van der Waals surface area (Å²) in [6.45, 7) is 13.7. The number of nitrogens with zero attached hydrogens (tertiary/aromatic N) is 2. The summed E-state index contributed by atoms with van der Waals surface area (Å²) in [4.78, 5) is 12.0. The molecular formula is C15H26N4O. The van der Waals surface area contributed by atoms with Gasteiger partial charge in [-0.1, -0.05) is 27.7 Å². The second-order valence-electron chi connectivity index (χ2n) is 7.04. The summed E-state index contributed by atoms with van der Waals surface area (Å²) in [5, 5.41) is 7.30. The first-order valence-corrected chi connectivity index (χ1v) is 7.15. The third kappa shape index (κ3) is 2.19. The molecule has 1 fully saturated rings. The molecule has 0 radical (unpaired) electrons. The van der Waals surface area contributed by atoms with Gasteiger partial charge >= 0.3 is 0 Å². The number of rotatable bonds is 4. The Morgan fingerprint density at radius 1 is 1.30 bits per heavy atom. The Balaban J connectivity index is 1.90. The van der Waals surface area contributed by atoms with Crippen molar-refractivity contribution in [1.29, 1.82) is 0 Å². The summed E-state index contributed by atoms with van der Waals surface area (Å²) in [5.74, 6) is 0.526. The van der Waals surface area contributed by atoms with E-state index >= 15 is 0 Å². The average Bonchev–Trinajstić information content (AvgIpc) is 2.60. The van der Waals surface area contributed by atoms with Crippen molar-refractivity contribution in [2.24, 2.45) is 16.7 Å². The van der Waals surface area contributed by atoms with E-state index in [-0.39, 0.29) is 12.5 Å². The second-order valence-corrected chi connectivity index (χ2v) is 7.04. The minimum atomic E-state index is -0.00546. The van der Waals surface area contributed by atoms with Gasteiger partial charge in [0.1, 0.15) is 6.54 Å². The van der Waals surface area contributed by atoms with Crippen LogP contribution in [-0.4, -0.2) is 22.2 Å². The van der Waals surface area contributed by atoms with Crippen LogP contribution >= 0.6 is 0 Å². The van der Waals surface area contributed by atoms with Crippen LogP contribution < -0.4 is 11.1 Å². The minimum absolute atomic E-state index is 0.00546. The fraction of sp³-hybridized carbons (Fsp3) is 0.733. The molecule has 5 heteroatoms. The van der Waals surface area contributed by atoms with Crippen LogP contribution in [0.4, 0.5) is 5.69 Å². The molecule has 20 heavy (non-hydrogen) atoms. The molecule has 5 nitrogen and oxygen atoms in total. The molecule has 112 valence electrons. The third-order valence-electron chi connectivity index (χ3n) is 5.55. The second kappa shape index (κ2) is 4.50. The standard InChI is InChI=1S/C15H26N4O/c1-9-13(16)10(2)19(18-9)8-12(20)17-7-11-14(3,4)15(11,5)6/h11H,7-8,16H2,1-6H3,(H,17,20). The molecule has 1 aliphatic carbocycles. The number of aryl methyl sites for hydroxylation is 1. The van der Waals surface area contributed by atoms with E-state index in [1.807, 2.05) is 13.8 Å². The Hall–Kier alpha value is -1.52. The third-order valence-corrected chi connectivity index (χ3v) is 5.55. The molecule has 1 aliphatic rings. The lowest BCUT2D eigenvalue weighted by Crippen LogP contribution is -2.31. The lowest BCUT2D eigenvalue weighted by atomic mass is 10.0. The van der Waals surface area contributed by atoms with Gasteiger partial charge < -0.3 is 11.1 Å². The number of nitrogen functional groups attached to an aromatic ring is 1. The zero-order valence-electron chi connectivity index (χ0n) is 13.4. The number of hydrogen-bond donors (Lipinski definition) is 2. The molecule has 0 bridgehead atoms. The first-order valence-electron chi connectivity index (χ1n) is 7.15. The smallest absolute Gasteiger partial charge is 0.241 e. The zero-order valence-corrected chi connectivity index (χ0v) is 13.4. The van der Waals surface area contributed by atoms with E-state index in [4.69, 9.17) is 5.73 Å². The summed E-state index contributed by atoms with van der Waals surface area (Å²) in [6, 6.07) is 0. The number of anilines is 1. The quantitative estimate of drug-likeness (QED) is 0.883. The van der Waals surface area contributed by atoms with E-state index in [1.54, 1.807) is 4.68 Å². The molecule has 1 aromatic heterocycles. The van der Waals surface area contributed by atoms with Gasteiger partial charge in [0, 0.05) is 6.54 Å². The van der Waals surface area contributed by atoms with Gasteiger partial charge in [0.2, 0.25) is 5.91 Å². The highest BCUT2D eigenvalue weighted by Gasteiger charge is 2.64. The molecule has 2 rings (SSSR count). The molecule has 0 spiro atoms. The SMILES string of the molecule is Cc1nn(CC(=O)NCC2C(C)(C)C2(C)C)c(C)c1N. The predicted octanol–water partition coefficient (Wildman–Crippen LogP) is 1.88. The zero-order chi connectivity index (χ0) is 15.3. The van der Waals surface area contributed by atoms with E-state index in [0.717, 1.165) is 17.9 Å². The normalized spacial score (nSPS) is 19.9. The van der Waals surface area contributed by atoms with Gasteiger partial charge in [-0.25, -0.2) is 0 Å². The summed E-state index contributed by atoms with van der Waals surface area (Å²) in [5.41, 5.74) is 8.75. The number of carbonyl (C=O) groups excluding carboxylic acids is 1. The van der Waals surface area contributed by atoms with E-state index in [1.165, 1.54) is 0 Å². The van der Waals surface area contributed by atoms with Crippen LogP contribution in [0.5, 0.6) is 0 Å². The topological polar surface area (TPSA) is 72.9 Å². The Labute approximate surface area is 120 Å². The van der Waals surface area contributed by atoms with E-state index in [2.05, 4.69) is 38.1 Å². The van der Waals surface area contributed by atoms with Crippen molar-refractivity contribution in [3.8, 4) is 0 Å². The number of aromatic nitrogens is 2. The molecule has 1 aromatic rings. The van der Waals surface area contributed by atoms with Crippen LogP contribution in [-0.2, 0) is 11.3 Å². The number of nitrogens with one attached hydrogen (secondary N) is 1. The van der Waals surface area contributed by atoms with Crippen molar-refractivity contribution in [1.82, 2.24) is 15.1 Å². The van der Waals surface area contributed by atoms with Crippen LogP contribution in [0, 0.1) is 30.6 Å². The molecule has 0 aromatic carbocycles. The Kier molecular flexibility index (Phi) is 3.35. The fourth-order valence-corrected chi connectivity index (χ4v) is 3.12.